The van der Waals surface area contributed by atoms with Crippen LogP contribution in [0.25, 0.3) is 0 Å². The van der Waals surface area contributed by atoms with Crippen LogP contribution in [0.4, 0.5) is 0 Å². The fourth-order valence-electron chi connectivity index (χ4n) is 1.25. The maximum absolute atomic E-state index is 11.7. The number of hydrogen-bond acceptors (Lipinski definition) is 4. The SMILES string of the molecule is COc1ccc(C(=O)C(C)N)c(OC)c1.Cl. The van der Waals surface area contributed by atoms with Gasteiger partial charge in [0.1, 0.15) is 11.5 Å². The second kappa shape index (κ2) is 6.35. The van der Waals surface area contributed by atoms with E-state index in [1.165, 1.54) is 7.11 Å². The van der Waals surface area contributed by atoms with E-state index in [2.05, 4.69) is 0 Å². The largest absolute Gasteiger partial charge is 0.497 e. The molecule has 1 unspecified atom stereocenters. The van der Waals surface area contributed by atoms with Crippen LogP contribution in [-0.4, -0.2) is 26.0 Å². The van der Waals surface area contributed by atoms with E-state index < -0.39 is 6.04 Å². The number of ketones is 1. The monoisotopic (exact) mass is 245 g/mol. The van der Waals surface area contributed by atoms with Crippen LogP contribution in [0, 0.1) is 0 Å². The Balaban J connectivity index is 0.00000225. The molecule has 2 N–H and O–H groups in total. The lowest BCUT2D eigenvalue weighted by atomic mass is 10.0. The lowest BCUT2D eigenvalue weighted by Crippen LogP contribution is -2.27. The van der Waals surface area contributed by atoms with E-state index >= 15 is 0 Å². The lowest BCUT2D eigenvalue weighted by molar-refractivity contribution is 0.0965. The lowest BCUT2D eigenvalue weighted by Gasteiger charge is -2.10. The van der Waals surface area contributed by atoms with Crippen molar-refractivity contribution >= 4 is 18.2 Å². The van der Waals surface area contributed by atoms with Gasteiger partial charge in [0.05, 0.1) is 25.8 Å². The third-order valence-corrected chi connectivity index (χ3v) is 2.09. The summed E-state index contributed by atoms with van der Waals surface area (Å²) in [4.78, 5) is 11.7. The van der Waals surface area contributed by atoms with Gasteiger partial charge in [0, 0.05) is 6.07 Å². The first-order chi connectivity index (χ1) is 7.10. The number of rotatable bonds is 4. The Morgan fingerprint density at radius 2 is 1.94 bits per heavy atom. The zero-order valence-corrected chi connectivity index (χ0v) is 10.3. The van der Waals surface area contributed by atoms with Gasteiger partial charge in [0.25, 0.3) is 0 Å². The summed E-state index contributed by atoms with van der Waals surface area (Å²) < 4.78 is 10.1. The van der Waals surface area contributed by atoms with Gasteiger partial charge in [-0.15, -0.1) is 12.4 Å². The first-order valence-electron chi connectivity index (χ1n) is 4.62. The summed E-state index contributed by atoms with van der Waals surface area (Å²) in [6, 6.07) is 4.49. The summed E-state index contributed by atoms with van der Waals surface area (Å²) in [6.45, 7) is 1.64. The second-order valence-corrected chi connectivity index (χ2v) is 3.22. The van der Waals surface area contributed by atoms with Crippen molar-refractivity contribution < 1.29 is 14.3 Å². The molecule has 1 atom stereocenters. The third kappa shape index (κ3) is 3.12. The van der Waals surface area contributed by atoms with Crippen molar-refractivity contribution in [2.75, 3.05) is 14.2 Å². The van der Waals surface area contributed by atoms with Crippen molar-refractivity contribution in [2.45, 2.75) is 13.0 Å². The summed E-state index contributed by atoms with van der Waals surface area (Å²) in [5.74, 6) is 0.985. The van der Waals surface area contributed by atoms with Gasteiger partial charge in [0.2, 0.25) is 0 Å². The zero-order chi connectivity index (χ0) is 11.4. The topological polar surface area (TPSA) is 61.5 Å². The van der Waals surface area contributed by atoms with Gasteiger partial charge >= 0.3 is 0 Å². The van der Waals surface area contributed by atoms with Crippen LogP contribution in [0.3, 0.4) is 0 Å². The van der Waals surface area contributed by atoms with Crippen LogP contribution in [0.5, 0.6) is 11.5 Å². The number of benzene rings is 1. The summed E-state index contributed by atoms with van der Waals surface area (Å²) in [5.41, 5.74) is 6.01. The summed E-state index contributed by atoms with van der Waals surface area (Å²) in [7, 11) is 3.06. The van der Waals surface area contributed by atoms with Crippen molar-refractivity contribution in [3.05, 3.63) is 23.8 Å². The molecule has 5 heteroatoms. The summed E-state index contributed by atoms with van der Waals surface area (Å²) in [5, 5.41) is 0. The molecule has 0 saturated carbocycles. The number of ether oxygens (including phenoxy) is 2. The molecule has 1 aromatic rings. The van der Waals surface area contributed by atoms with Gasteiger partial charge in [-0.2, -0.15) is 0 Å². The van der Waals surface area contributed by atoms with E-state index in [0.29, 0.717) is 17.1 Å². The van der Waals surface area contributed by atoms with Crippen molar-refractivity contribution in [3.63, 3.8) is 0 Å². The van der Waals surface area contributed by atoms with Gasteiger partial charge in [-0.25, -0.2) is 0 Å². The predicted octanol–water partition coefficient (Wildman–Crippen LogP) is 1.66. The number of halogens is 1. The quantitative estimate of drug-likeness (QED) is 0.820. The molecule has 0 saturated heterocycles. The van der Waals surface area contributed by atoms with E-state index in [1.807, 2.05) is 0 Å². The standard InChI is InChI=1S/C11H15NO3.ClH/c1-7(12)11(13)9-5-4-8(14-2)6-10(9)15-3;/h4-7H,12H2,1-3H3;1H. The van der Waals surface area contributed by atoms with Crippen LogP contribution in [0.15, 0.2) is 18.2 Å². The highest BCUT2D eigenvalue weighted by molar-refractivity contribution is 6.02. The highest BCUT2D eigenvalue weighted by atomic mass is 35.5. The van der Waals surface area contributed by atoms with Gasteiger partial charge in [-0.05, 0) is 19.1 Å². The highest BCUT2D eigenvalue weighted by Gasteiger charge is 2.16. The van der Waals surface area contributed by atoms with E-state index in [-0.39, 0.29) is 18.2 Å². The molecule has 0 spiro atoms. The van der Waals surface area contributed by atoms with Gasteiger partial charge in [0.15, 0.2) is 5.78 Å². The van der Waals surface area contributed by atoms with Crippen molar-refractivity contribution in [1.82, 2.24) is 0 Å². The second-order valence-electron chi connectivity index (χ2n) is 3.22. The zero-order valence-electron chi connectivity index (χ0n) is 9.52. The highest BCUT2D eigenvalue weighted by Crippen LogP contribution is 2.25. The molecule has 0 aliphatic heterocycles. The molecule has 0 radical (unpaired) electrons. The molecule has 0 aliphatic rings. The van der Waals surface area contributed by atoms with Crippen LogP contribution in [0.1, 0.15) is 17.3 Å². The Labute approximate surface area is 101 Å². The maximum Gasteiger partial charge on any atom is 0.182 e. The Bertz CT molecular complexity index is 366. The Morgan fingerprint density at radius 3 is 2.38 bits per heavy atom. The fraction of sp³-hybridized carbons (Fsp3) is 0.364. The van der Waals surface area contributed by atoms with Crippen molar-refractivity contribution in [1.29, 1.82) is 0 Å². The minimum atomic E-state index is -0.535. The molecule has 0 bridgehead atoms. The van der Waals surface area contributed by atoms with Gasteiger partial charge in [-0.3, -0.25) is 4.79 Å². The van der Waals surface area contributed by atoms with Crippen molar-refractivity contribution in [2.24, 2.45) is 5.73 Å². The minimum absolute atomic E-state index is 0. The molecular formula is C11H16ClNO3. The van der Waals surface area contributed by atoms with Crippen LogP contribution < -0.4 is 15.2 Å². The maximum atomic E-state index is 11.7. The van der Waals surface area contributed by atoms with E-state index in [1.54, 1.807) is 32.2 Å². The van der Waals surface area contributed by atoms with E-state index in [9.17, 15) is 4.79 Å². The smallest absolute Gasteiger partial charge is 0.182 e. The summed E-state index contributed by atoms with van der Waals surface area (Å²) >= 11 is 0. The molecule has 1 rings (SSSR count). The molecule has 0 aromatic heterocycles. The molecule has 0 fully saturated rings. The molecule has 0 aliphatic carbocycles. The van der Waals surface area contributed by atoms with E-state index in [0.717, 1.165) is 0 Å². The minimum Gasteiger partial charge on any atom is -0.497 e. The normalized spacial score (nSPS) is 11.2. The first kappa shape index (κ1) is 14.7. The summed E-state index contributed by atoms with van der Waals surface area (Å²) in [6.07, 6.45) is 0. The number of hydrogen-bond donors (Lipinski definition) is 1. The third-order valence-electron chi connectivity index (χ3n) is 2.09. The number of Topliss-reactive ketones (excluding diaryl/α,β-unsaturated/α-hetero) is 1. The average molecular weight is 246 g/mol. The van der Waals surface area contributed by atoms with Crippen LogP contribution in [-0.2, 0) is 0 Å². The van der Waals surface area contributed by atoms with Crippen LogP contribution >= 0.6 is 12.4 Å². The Kier molecular flexibility index (Phi) is 5.85. The first-order valence-corrected chi connectivity index (χ1v) is 4.62. The molecule has 1 aromatic carbocycles. The number of nitrogens with two attached hydrogens (primary N) is 1. The van der Waals surface area contributed by atoms with Gasteiger partial charge in [-0.1, -0.05) is 0 Å². The Hall–Kier alpha value is -1.26. The number of carbonyl (C=O) groups is 1. The Morgan fingerprint density at radius 1 is 1.31 bits per heavy atom. The predicted molar refractivity (Wildman–Crippen MR) is 64.8 cm³/mol. The fourth-order valence-corrected chi connectivity index (χ4v) is 1.25. The van der Waals surface area contributed by atoms with Crippen LogP contribution in [0.2, 0.25) is 0 Å². The molecule has 0 amide bonds. The number of methoxy groups -OCH3 is 2. The molecule has 4 nitrogen and oxygen atoms in total. The van der Waals surface area contributed by atoms with E-state index in [4.69, 9.17) is 15.2 Å². The molecule has 16 heavy (non-hydrogen) atoms. The number of carbonyl (C=O) groups excluding carboxylic acids is 1. The molecule has 0 heterocycles. The van der Waals surface area contributed by atoms with Gasteiger partial charge < -0.3 is 15.2 Å². The average Bonchev–Trinajstić information content (AvgIpc) is 2.27. The molecular weight excluding hydrogens is 230 g/mol. The van der Waals surface area contributed by atoms with Crippen molar-refractivity contribution in [3.8, 4) is 11.5 Å². The molecule has 90 valence electrons.